The van der Waals surface area contributed by atoms with Crippen LogP contribution in [0.25, 0.3) is 0 Å². The van der Waals surface area contributed by atoms with Gasteiger partial charge >= 0.3 is 11.9 Å². The lowest BCUT2D eigenvalue weighted by Crippen LogP contribution is -2.47. The van der Waals surface area contributed by atoms with E-state index in [0.717, 1.165) is 12.8 Å². The third-order valence-electron chi connectivity index (χ3n) is 3.98. The molecule has 0 amide bonds. The molecule has 30 heavy (non-hydrogen) atoms. The monoisotopic (exact) mass is 452 g/mol. The van der Waals surface area contributed by atoms with Crippen LogP contribution in [0, 0.1) is 0 Å². The van der Waals surface area contributed by atoms with Crippen LogP contribution in [-0.2, 0) is 46.5 Å². The number of imidazole rings is 1. The molecule has 0 N–H and O–H groups in total. The van der Waals surface area contributed by atoms with Crippen LogP contribution in [0.3, 0.4) is 0 Å². The molecule has 1 unspecified atom stereocenters. The number of ether oxygens (including phenoxy) is 3. The van der Waals surface area contributed by atoms with Crippen molar-refractivity contribution in [1.82, 2.24) is 4.57 Å². The zero-order chi connectivity index (χ0) is 23.0. The van der Waals surface area contributed by atoms with Gasteiger partial charge in [0.05, 0.1) is 26.9 Å². The van der Waals surface area contributed by atoms with Gasteiger partial charge in [-0.05, 0) is 20.3 Å². The average molecular weight is 453 g/mol. The highest BCUT2D eigenvalue weighted by Crippen LogP contribution is 2.21. The molecule has 0 saturated heterocycles. The SMILES string of the molecule is CCCCCCCCOS(=O)(=O)[O-].CCOC(=O)C(OC)(OCC)n1cc[n+](C)c1. The number of hydrogen-bond donors (Lipinski definition) is 0. The summed E-state index contributed by atoms with van der Waals surface area (Å²) in [7, 11) is -1.22. The Morgan fingerprint density at radius 2 is 1.73 bits per heavy atom. The molecule has 0 aliphatic carbocycles. The van der Waals surface area contributed by atoms with E-state index >= 15 is 0 Å². The first kappa shape index (κ1) is 28.5. The number of nitrogens with zero attached hydrogens (tertiary/aromatic N) is 2. The van der Waals surface area contributed by atoms with Crippen LogP contribution in [0.2, 0.25) is 0 Å². The number of unbranched alkanes of at least 4 members (excludes halogenated alkanes) is 5. The van der Waals surface area contributed by atoms with Crippen molar-refractivity contribution in [2.75, 3.05) is 26.9 Å². The highest BCUT2D eigenvalue weighted by atomic mass is 32.3. The van der Waals surface area contributed by atoms with E-state index in [-0.39, 0.29) is 13.2 Å². The van der Waals surface area contributed by atoms with Crippen molar-refractivity contribution in [2.45, 2.75) is 65.2 Å². The molecule has 0 saturated carbocycles. The molecular formula is C19H36N2O8S. The Kier molecular flexibility index (Phi) is 14.5. The summed E-state index contributed by atoms with van der Waals surface area (Å²) in [6.07, 6.45) is 11.4. The zero-order valence-corrected chi connectivity index (χ0v) is 19.5. The zero-order valence-electron chi connectivity index (χ0n) is 18.7. The summed E-state index contributed by atoms with van der Waals surface area (Å²) in [5, 5.41) is 0. The van der Waals surface area contributed by atoms with Gasteiger partial charge < -0.3 is 18.8 Å². The summed E-state index contributed by atoms with van der Waals surface area (Å²) >= 11 is 0. The predicted molar refractivity (Wildman–Crippen MR) is 108 cm³/mol. The Labute approximate surface area is 180 Å². The molecular weight excluding hydrogens is 416 g/mol. The average Bonchev–Trinajstić information content (AvgIpc) is 3.12. The fourth-order valence-electron chi connectivity index (χ4n) is 2.57. The van der Waals surface area contributed by atoms with Crippen molar-refractivity contribution in [3.8, 4) is 0 Å². The van der Waals surface area contributed by atoms with Gasteiger partial charge in [-0.2, -0.15) is 4.57 Å². The maximum atomic E-state index is 12.0. The van der Waals surface area contributed by atoms with Crippen LogP contribution in [0.4, 0.5) is 0 Å². The van der Waals surface area contributed by atoms with Gasteiger partial charge in [0.15, 0.2) is 0 Å². The lowest BCUT2D eigenvalue weighted by Gasteiger charge is -2.25. The second-order valence-corrected chi connectivity index (χ2v) is 7.48. The maximum Gasteiger partial charge on any atom is 0.430 e. The smallest absolute Gasteiger partial charge is 0.430 e. The van der Waals surface area contributed by atoms with Crippen LogP contribution in [-0.4, -0.2) is 50.4 Å². The summed E-state index contributed by atoms with van der Waals surface area (Å²) in [6, 6.07) is 0. The third kappa shape index (κ3) is 11.0. The van der Waals surface area contributed by atoms with Crippen molar-refractivity contribution in [3.05, 3.63) is 18.7 Å². The molecule has 11 heteroatoms. The Hall–Kier alpha value is -1.53. The minimum atomic E-state index is -4.47. The van der Waals surface area contributed by atoms with Gasteiger partial charge in [0.25, 0.3) is 0 Å². The van der Waals surface area contributed by atoms with Gasteiger partial charge in [-0.3, -0.25) is 4.18 Å². The van der Waals surface area contributed by atoms with E-state index in [1.165, 1.54) is 30.9 Å². The first-order valence-electron chi connectivity index (χ1n) is 10.2. The lowest BCUT2D eigenvalue weighted by atomic mass is 10.1. The number of esters is 1. The molecule has 1 rings (SSSR count). The van der Waals surface area contributed by atoms with Crippen molar-refractivity contribution >= 4 is 16.4 Å². The Balaban J connectivity index is 0.000000584. The standard InChI is InChI=1S/C11H19N2O4.C8H18O4S/c1-5-16-10(14)11(15-4,17-6-2)13-8-7-12(3)9-13;1-2-3-4-5-6-7-8-12-13(9,10)11/h7-9H,5-6H2,1-4H3;2-8H2,1H3,(H,9,10,11)/q+1;/p-1. The summed E-state index contributed by atoms with van der Waals surface area (Å²) in [5.74, 6) is -2.12. The van der Waals surface area contributed by atoms with E-state index in [2.05, 4.69) is 11.1 Å². The number of hydrogen-bond acceptors (Lipinski definition) is 8. The molecule has 0 fully saturated rings. The molecule has 1 atom stereocenters. The minimum absolute atomic E-state index is 0.0258. The van der Waals surface area contributed by atoms with Gasteiger partial charge in [0.2, 0.25) is 16.7 Å². The van der Waals surface area contributed by atoms with E-state index in [0.29, 0.717) is 13.0 Å². The number of carbonyl (C=O) groups is 1. The van der Waals surface area contributed by atoms with Gasteiger partial charge in [-0.1, -0.05) is 39.0 Å². The summed E-state index contributed by atoms with van der Waals surface area (Å²) < 4.78 is 53.0. The Morgan fingerprint density at radius 3 is 2.20 bits per heavy atom. The molecule has 0 radical (unpaired) electrons. The highest BCUT2D eigenvalue weighted by molar-refractivity contribution is 7.80. The maximum absolute atomic E-state index is 12.0. The number of carbonyl (C=O) groups excluding carboxylic acids is 1. The Bertz CT molecular complexity index is 692. The second-order valence-electron chi connectivity index (χ2n) is 6.42. The molecule has 1 aromatic heterocycles. The van der Waals surface area contributed by atoms with Crippen LogP contribution in [0.15, 0.2) is 18.7 Å². The van der Waals surface area contributed by atoms with Crippen LogP contribution in [0.1, 0.15) is 59.3 Å². The van der Waals surface area contributed by atoms with Gasteiger partial charge in [0, 0.05) is 7.11 Å². The van der Waals surface area contributed by atoms with Crippen LogP contribution >= 0.6 is 0 Å². The molecule has 1 heterocycles. The minimum Gasteiger partial charge on any atom is -0.726 e. The van der Waals surface area contributed by atoms with Gasteiger partial charge in [-0.15, -0.1) is 0 Å². The molecule has 0 bridgehead atoms. The van der Waals surface area contributed by atoms with Crippen molar-refractivity contribution in [1.29, 1.82) is 0 Å². The van der Waals surface area contributed by atoms with Gasteiger partial charge in [-0.25, -0.2) is 17.8 Å². The van der Waals surface area contributed by atoms with Crippen LogP contribution < -0.4 is 4.57 Å². The van der Waals surface area contributed by atoms with E-state index in [1.54, 1.807) is 37.1 Å². The molecule has 0 spiro atoms. The summed E-state index contributed by atoms with van der Waals surface area (Å²) in [5.41, 5.74) is 0. The first-order valence-corrected chi connectivity index (χ1v) is 11.5. The summed E-state index contributed by atoms with van der Waals surface area (Å²) in [4.78, 5) is 12.0. The molecule has 10 nitrogen and oxygen atoms in total. The van der Waals surface area contributed by atoms with E-state index < -0.39 is 22.3 Å². The molecule has 176 valence electrons. The fourth-order valence-corrected chi connectivity index (χ4v) is 2.89. The fraction of sp³-hybridized carbons (Fsp3) is 0.789. The molecule has 0 aliphatic rings. The summed E-state index contributed by atoms with van der Waals surface area (Å²) in [6.45, 7) is 6.28. The number of aryl methyl sites for hydroxylation is 1. The normalized spacial score (nSPS) is 13.3. The molecule has 0 aliphatic heterocycles. The number of methoxy groups -OCH3 is 1. The largest absolute Gasteiger partial charge is 0.726 e. The van der Waals surface area contributed by atoms with Gasteiger partial charge in [0.1, 0.15) is 12.4 Å². The van der Waals surface area contributed by atoms with Crippen molar-refractivity contribution in [3.63, 3.8) is 0 Å². The van der Waals surface area contributed by atoms with E-state index in [1.807, 2.05) is 7.05 Å². The number of aromatic nitrogens is 2. The van der Waals surface area contributed by atoms with Crippen molar-refractivity contribution < 1.29 is 40.7 Å². The topological polar surface area (TPSA) is 120 Å². The quantitative estimate of drug-likeness (QED) is 0.105. The highest BCUT2D eigenvalue weighted by Gasteiger charge is 2.49. The predicted octanol–water partition coefficient (Wildman–Crippen LogP) is 1.99. The lowest BCUT2D eigenvalue weighted by molar-refractivity contribution is -0.671. The van der Waals surface area contributed by atoms with E-state index in [9.17, 15) is 17.8 Å². The van der Waals surface area contributed by atoms with Crippen LogP contribution in [0.5, 0.6) is 0 Å². The van der Waals surface area contributed by atoms with Crippen molar-refractivity contribution in [2.24, 2.45) is 7.05 Å². The first-order chi connectivity index (χ1) is 14.2. The molecule has 1 aromatic rings. The number of rotatable bonds is 14. The second kappa shape index (κ2) is 15.3. The third-order valence-corrected chi connectivity index (χ3v) is 4.44. The molecule has 0 aromatic carbocycles. The Morgan fingerprint density at radius 1 is 1.10 bits per heavy atom. The van der Waals surface area contributed by atoms with E-state index in [4.69, 9.17) is 14.2 Å².